The molecule has 0 saturated carbocycles. The van der Waals surface area contributed by atoms with E-state index in [1.54, 1.807) is 23.0 Å². The van der Waals surface area contributed by atoms with Crippen molar-refractivity contribution in [1.82, 2.24) is 14.6 Å². The van der Waals surface area contributed by atoms with E-state index in [1.807, 2.05) is 48.7 Å². The lowest BCUT2D eigenvalue weighted by atomic mass is 10.1. The smallest absolute Gasteiger partial charge is 0.224 e. The molecule has 28 heavy (non-hydrogen) atoms. The Morgan fingerprint density at radius 3 is 2.86 bits per heavy atom. The first-order valence-corrected chi connectivity index (χ1v) is 9.86. The van der Waals surface area contributed by atoms with Gasteiger partial charge in [-0.2, -0.15) is 5.10 Å². The molecule has 0 aliphatic carbocycles. The molecule has 0 aliphatic heterocycles. The molecule has 0 unspecified atom stereocenters. The first kappa shape index (κ1) is 18.1. The van der Waals surface area contributed by atoms with Crippen LogP contribution < -0.4 is 5.32 Å². The van der Waals surface area contributed by atoms with Crippen molar-refractivity contribution in [3.05, 3.63) is 70.7 Å². The molecule has 0 atom stereocenters. The Hall–Kier alpha value is -3.32. The lowest BCUT2D eigenvalue weighted by molar-refractivity contribution is -0.116. The van der Waals surface area contributed by atoms with Gasteiger partial charge < -0.3 is 5.32 Å². The maximum absolute atomic E-state index is 12.7. The van der Waals surface area contributed by atoms with Gasteiger partial charge in [0.1, 0.15) is 0 Å². The van der Waals surface area contributed by atoms with Crippen molar-refractivity contribution in [2.24, 2.45) is 0 Å². The normalized spacial score (nSPS) is 10.9. The molecular formula is C21H18N4O2S. The Balaban J connectivity index is 1.72. The summed E-state index contributed by atoms with van der Waals surface area (Å²) in [5.74, 6) is -0.0994. The fourth-order valence-corrected chi connectivity index (χ4v) is 3.70. The summed E-state index contributed by atoms with van der Waals surface area (Å²) in [5, 5.41) is 9.17. The Labute approximate surface area is 165 Å². The van der Waals surface area contributed by atoms with Crippen LogP contribution in [0.15, 0.2) is 60.2 Å². The van der Waals surface area contributed by atoms with E-state index >= 15 is 0 Å². The van der Waals surface area contributed by atoms with E-state index in [0.29, 0.717) is 22.5 Å². The van der Waals surface area contributed by atoms with Crippen molar-refractivity contribution in [3.8, 4) is 11.3 Å². The molecular weight excluding hydrogens is 372 g/mol. The molecule has 0 spiro atoms. The number of amides is 1. The zero-order chi connectivity index (χ0) is 19.5. The number of ketones is 1. The minimum absolute atomic E-state index is 0.0116. The Bertz CT molecular complexity index is 1150. The lowest BCUT2D eigenvalue weighted by Crippen LogP contribution is -2.10. The van der Waals surface area contributed by atoms with Gasteiger partial charge in [0.05, 0.1) is 22.3 Å². The lowest BCUT2D eigenvalue weighted by Gasteiger charge is -2.08. The summed E-state index contributed by atoms with van der Waals surface area (Å²) in [6.07, 6.45) is 4.50. The number of hydrogen-bond donors (Lipinski definition) is 1. The molecule has 0 radical (unpaired) electrons. The van der Waals surface area contributed by atoms with Crippen molar-refractivity contribution in [2.75, 3.05) is 5.32 Å². The predicted octanol–water partition coefficient (Wildman–Crippen LogP) is 4.43. The topological polar surface area (TPSA) is 76.4 Å². The summed E-state index contributed by atoms with van der Waals surface area (Å²) in [6, 6.07) is 13.0. The van der Waals surface area contributed by atoms with Crippen LogP contribution in [0.3, 0.4) is 0 Å². The third-order valence-corrected chi connectivity index (χ3v) is 5.18. The van der Waals surface area contributed by atoms with E-state index in [9.17, 15) is 9.59 Å². The highest BCUT2D eigenvalue weighted by Crippen LogP contribution is 2.25. The fraction of sp³-hybridized carbons (Fsp3) is 0.143. The van der Waals surface area contributed by atoms with Crippen LogP contribution in [-0.4, -0.2) is 26.3 Å². The molecule has 4 rings (SSSR count). The molecule has 1 amide bonds. The Morgan fingerprint density at radius 1 is 1.18 bits per heavy atom. The third kappa shape index (κ3) is 3.44. The first-order valence-electron chi connectivity index (χ1n) is 8.98. The summed E-state index contributed by atoms with van der Waals surface area (Å²) < 4.78 is 1.66. The van der Waals surface area contributed by atoms with Crippen molar-refractivity contribution in [2.45, 2.75) is 19.8 Å². The Kier molecular flexibility index (Phi) is 4.99. The van der Waals surface area contributed by atoms with Crippen LogP contribution in [0.1, 0.15) is 35.0 Å². The van der Waals surface area contributed by atoms with Gasteiger partial charge in [-0.1, -0.05) is 25.1 Å². The van der Waals surface area contributed by atoms with Crippen LogP contribution in [0.2, 0.25) is 0 Å². The molecule has 140 valence electrons. The van der Waals surface area contributed by atoms with Crippen LogP contribution in [0.4, 0.5) is 5.69 Å². The fourth-order valence-electron chi connectivity index (χ4n) is 3.02. The van der Waals surface area contributed by atoms with E-state index in [1.165, 1.54) is 11.3 Å². The second kappa shape index (κ2) is 7.74. The van der Waals surface area contributed by atoms with Crippen molar-refractivity contribution in [3.63, 3.8) is 0 Å². The summed E-state index contributed by atoms with van der Waals surface area (Å²) >= 11 is 1.40. The summed E-state index contributed by atoms with van der Waals surface area (Å²) in [6.45, 7) is 1.97. The van der Waals surface area contributed by atoms with Gasteiger partial charge in [0, 0.05) is 23.9 Å². The highest BCUT2D eigenvalue weighted by atomic mass is 32.1. The standard InChI is InChI=1S/C21H18N4O2S/c1-2-5-19(26)24-15-7-3-6-14(12-15)17-9-10-22-21-16(13-23-25(17)21)20(27)18-8-4-11-28-18/h3-4,6-13H,2,5H2,1H3,(H,24,26). The number of rotatable bonds is 6. The highest BCUT2D eigenvalue weighted by Gasteiger charge is 2.18. The van der Waals surface area contributed by atoms with Gasteiger partial charge in [-0.05, 0) is 36.1 Å². The molecule has 0 bridgehead atoms. The molecule has 3 heterocycles. The zero-order valence-electron chi connectivity index (χ0n) is 15.3. The largest absolute Gasteiger partial charge is 0.326 e. The first-order chi connectivity index (χ1) is 13.7. The number of carbonyl (C=O) groups excluding carboxylic acids is 2. The molecule has 1 aromatic carbocycles. The van der Waals surface area contributed by atoms with Crippen LogP contribution in [-0.2, 0) is 4.79 Å². The van der Waals surface area contributed by atoms with Gasteiger partial charge in [0.15, 0.2) is 5.65 Å². The van der Waals surface area contributed by atoms with Gasteiger partial charge >= 0.3 is 0 Å². The van der Waals surface area contributed by atoms with Crippen molar-refractivity contribution >= 4 is 34.4 Å². The number of benzene rings is 1. The van der Waals surface area contributed by atoms with Crippen molar-refractivity contribution in [1.29, 1.82) is 0 Å². The maximum Gasteiger partial charge on any atom is 0.224 e. The summed E-state index contributed by atoms with van der Waals surface area (Å²) in [5.41, 5.74) is 3.37. The average Bonchev–Trinajstić information content (AvgIpc) is 3.38. The number of thiophene rings is 1. The molecule has 0 aliphatic rings. The number of aromatic nitrogens is 3. The highest BCUT2D eigenvalue weighted by molar-refractivity contribution is 7.12. The number of nitrogens with one attached hydrogen (secondary N) is 1. The van der Waals surface area contributed by atoms with Crippen LogP contribution in [0, 0.1) is 0 Å². The van der Waals surface area contributed by atoms with E-state index in [2.05, 4.69) is 15.4 Å². The van der Waals surface area contributed by atoms with Gasteiger partial charge in [0.2, 0.25) is 11.7 Å². The van der Waals surface area contributed by atoms with Crippen LogP contribution in [0.5, 0.6) is 0 Å². The van der Waals surface area contributed by atoms with E-state index < -0.39 is 0 Å². The molecule has 1 N–H and O–H groups in total. The van der Waals surface area contributed by atoms with Crippen LogP contribution in [0.25, 0.3) is 16.9 Å². The molecule has 6 nitrogen and oxygen atoms in total. The molecule has 4 aromatic rings. The van der Waals surface area contributed by atoms with E-state index in [4.69, 9.17) is 0 Å². The number of nitrogens with zero attached hydrogens (tertiary/aromatic N) is 3. The number of fused-ring (bicyclic) bond motifs is 1. The van der Waals surface area contributed by atoms with Gasteiger partial charge in [-0.25, -0.2) is 9.50 Å². The SMILES string of the molecule is CCCC(=O)Nc1cccc(-c2ccnc3c(C(=O)c4cccs4)cnn23)c1. The molecule has 7 heteroatoms. The van der Waals surface area contributed by atoms with E-state index in [-0.39, 0.29) is 11.7 Å². The second-order valence-corrected chi connectivity index (χ2v) is 7.26. The molecule has 3 aromatic heterocycles. The third-order valence-electron chi connectivity index (χ3n) is 4.31. The number of anilines is 1. The number of hydrogen-bond acceptors (Lipinski definition) is 5. The quantitative estimate of drug-likeness (QED) is 0.494. The van der Waals surface area contributed by atoms with Crippen molar-refractivity contribution < 1.29 is 9.59 Å². The molecule has 0 fully saturated rings. The van der Waals surface area contributed by atoms with Gasteiger partial charge in [-0.3, -0.25) is 9.59 Å². The number of carbonyl (C=O) groups is 2. The minimum atomic E-state index is -0.0878. The predicted molar refractivity (Wildman–Crippen MR) is 110 cm³/mol. The zero-order valence-corrected chi connectivity index (χ0v) is 16.1. The van der Waals surface area contributed by atoms with Crippen LogP contribution >= 0.6 is 11.3 Å². The second-order valence-electron chi connectivity index (χ2n) is 6.31. The average molecular weight is 390 g/mol. The monoisotopic (exact) mass is 390 g/mol. The maximum atomic E-state index is 12.7. The summed E-state index contributed by atoms with van der Waals surface area (Å²) in [7, 11) is 0. The van der Waals surface area contributed by atoms with Gasteiger partial charge in [0.25, 0.3) is 0 Å². The minimum Gasteiger partial charge on any atom is -0.326 e. The molecule has 0 saturated heterocycles. The van der Waals surface area contributed by atoms with E-state index in [0.717, 1.165) is 23.4 Å². The Morgan fingerprint density at radius 2 is 2.07 bits per heavy atom. The van der Waals surface area contributed by atoms with Gasteiger partial charge in [-0.15, -0.1) is 11.3 Å². The summed E-state index contributed by atoms with van der Waals surface area (Å²) in [4.78, 5) is 29.6.